The van der Waals surface area contributed by atoms with Crippen molar-refractivity contribution in [1.82, 2.24) is 0 Å². The molecule has 0 spiro atoms. The third-order valence-electron chi connectivity index (χ3n) is 4.02. The van der Waals surface area contributed by atoms with E-state index in [1.165, 1.54) is 31.2 Å². The normalized spacial score (nSPS) is 11.2. The quantitative estimate of drug-likeness (QED) is 0.537. The fourth-order valence-electron chi connectivity index (χ4n) is 2.45. The number of benzene rings is 2. The Morgan fingerprint density at radius 3 is 2.69 bits per heavy atom. The molecule has 0 aliphatic rings. The number of furan rings is 1. The van der Waals surface area contributed by atoms with Crippen LogP contribution in [-0.4, -0.2) is 25.2 Å². The molecular weight excluding hydrogens is 418 g/mol. The number of amides is 1. The predicted molar refractivity (Wildman–Crippen MR) is 108 cm³/mol. The zero-order valence-corrected chi connectivity index (χ0v) is 17.0. The molecule has 0 saturated heterocycles. The van der Waals surface area contributed by atoms with Gasteiger partial charge in [0.1, 0.15) is 23.9 Å². The van der Waals surface area contributed by atoms with Gasteiger partial charge in [0.15, 0.2) is 15.6 Å². The number of hydrogen-bond acceptors (Lipinski definition) is 6. The molecule has 0 radical (unpaired) electrons. The van der Waals surface area contributed by atoms with E-state index < -0.39 is 15.7 Å². The van der Waals surface area contributed by atoms with Crippen LogP contribution in [0.4, 0.5) is 5.69 Å². The molecule has 29 heavy (non-hydrogen) atoms. The standard InChI is InChI=1S/C20H18ClNO6S/c1-2-29(25,26)16-7-8-18(23)17(11-16)22-20(24)19-9-6-15(28-19)12-27-14-5-3-4-13(21)10-14/h3-11,23H,2,12H2,1H3,(H,22,24). The van der Waals surface area contributed by atoms with Crippen molar-refractivity contribution in [2.75, 3.05) is 11.1 Å². The topological polar surface area (TPSA) is 106 Å². The lowest BCUT2D eigenvalue weighted by Crippen LogP contribution is -2.12. The van der Waals surface area contributed by atoms with Gasteiger partial charge in [0.2, 0.25) is 0 Å². The molecule has 0 bridgehead atoms. The fourth-order valence-corrected chi connectivity index (χ4v) is 3.53. The maximum absolute atomic E-state index is 12.4. The van der Waals surface area contributed by atoms with Crippen LogP contribution in [0.5, 0.6) is 11.5 Å². The van der Waals surface area contributed by atoms with Crippen molar-refractivity contribution in [1.29, 1.82) is 0 Å². The van der Waals surface area contributed by atoms with Gasteiger partial charge in [-0.3, -0.25) is 4.79 Å². The number of carbonyl (C=O) groups excluding carboxylic acids is 1. The maximum atomic E-state index is 12.4. The Morgan fingerprint density at radius 1 is 1.17 bits per heavy atom. The van der Waals surface area contributed by atoms with Crippen LogP contribution in [0.25, 0.3) is 0 Å². The monoisotopic (exact) mass is 435 g/mol. The Kier molecular flexibility index (Phi) is 6.14. The number of phenols is 1. The third-order valence-corrected chi connectivity index (χ3v) is 5.99. The number of sulfone groups is 1. The molecule has 0 saturated carbocycles. The molecule has 0 aliphatic carbocycles. The number of aromatic hydroxyl groups is 1. The Bertz CT molecular complexity index is 1140. The first-order valence-corrected chi connectivity index (χ1v) is 10.7. The van der Waals surface area contributed by atoms with Crippen molar-refractivity contribution in [2.24, 2.45) is 0 Å². The summed E-state index contributed by atoms with van der Waals surface area (Å²) in [5.41, 5.74) is -0.0300. The minimum absolute atomic E-state index is 0.00292. The van der Waals surface area contributed by atoms with Gasteiger partial charge in [-0.15, -0.1) is 0 Å². The molecule has 2 aromatic carbocycles. The van der Waals surface area contributed by atoms with Gasteiger partial charge in [-0.25, -0.2) is 8.42 Å². The molecule has 152 valence electrons. The second-order valence-electron chi connectivity index (χ2n) is 6.05. The zero-order valence-electron chi connectivity index (χ0n) is 15.4. The van der Waals surface area contributed by atoms with Crippen molar-refractivity contribution in [3.8, 4) is 11.5 Å². The minimum atomic E-state index is -3.48. The van der Waals surface area contributed by atoms with E-state index in [1.807, 2.05) is 0 Å². The summed E-state index contributed by atoms with van der Waals surface area (Å²) >= 11 is 5.90. The highest BCUT2D eigenvalue weighted by atomic mass is 35.5. The molecule has 0 aliphatic heterocycles. The fraction of sp³-hybridized carbons (Fsp3) is 0.150. The Hall–Kier alpha value is -2.97. The molecular formula is C20H18ClNO6S. The molecule has 1 amide bonds. The molecule has 9 heteroatoms. The van der Waals surface area contributed by atoms with Crippen LogP contribution in [0, 0.1) is 0 Å². The summed E-state index contributed by atoms with van der Waals surface area (Å²) in [4.78, 5) is 12.4. The van der Waals surface area contributed by atoms with Gasteiger partial charge in [0, 0.05) is 5.02 Å². The van der Waals surface area contributed by atoms with Crippen LogP contribution in [0.1, 0.15) is 23.2 Å². The zero-order chi connectivity index (χ0) is 21.0. The predicted octanol–water partition coefficient (Wildman–Crippen LogP) is 4.26. The molecule has 3 rings (SSSR count). The average molecular weight is 436 g/mol. The van der Waals surface area contributed by atoms with E-state index in [9.17, 15) is 18.3 Å². The number of nitrogens with one attached hydrogen (secondary N) is 1. The third kappa shape index (κ3) is 5.10. The number of rotatable bonds is 7. The first kappa shape index (κ1) is 20.8. The van der Waals surface area contributed by atoms with Gasteiger partial charge in [0.25, 0.3) is 5.91 Å². The lowest BCUT2D eigenvalue weighted by molar-refractivity contribution is 0.0992. The molecule has 2 N–H and O–H groups in total. The van der Waals surface area contributed by atoms with Gasteiger partial charge in [-0.1, -0.05) is 24.6 Å². The Labute approximate surface area is 172 Å². The van der Waals surface area contributed by atoms with Crippen molar-refractivity contribution < 1.29 is 27.5 Å². The van der Waals surface area contributed by atoms with E-state index in [2.05, 4.69) is 5.32 Å². The molecule has 0 fully saturated rings. The Balaban J connectivity index is 1.70. The van der Waals surface area contributed by atoms with Crippen LogP contribution in [0.2, 0.25) is 5.02 Å². The number of anilines is 1. The molecule has 0 atom stereocenters. The van der Waals surface area contributed by atoms with E-state index in [-0.39, 0.29) is 34.5 Å². The molecule has 3 aromatic rings. The summed E-state index contributed by atoms with van der Waals surface area (Å²) in [6.45, 7) is 1.60. The summed E-state index contributed by atoms with van der Waals surface area (Å²) < 4.78 is 35.0. The van der Waals surface area contributed by atoms with Crippen molar-refractivity contribution in [2.45, 2.75) is 18.4 Å². The van der Waals surface area contributed by atoms with Crippen LogP contribution >= 0.6 is 11.6 Å². The van der Waals surface area contributed by atoms with E-state index >= 15 is 0 Å². The van der Waals surface area contributed by atoms with Gasteiger partial charge < -0.3 is 19.6 Å². The highest BCUT2D eigenvalue weighted by Crippen LogP contribution is 2.28. The van der Waals surface area contributed by atoms with Crippen molar-refractivity contribution in [3.63, 3.8) is 0 Å². The van der Waals surface area contributed by atoms with E-state index in [1.54, 1.807) is 30.3 Å². The maximum Gasteiger partial charge on any atom is 0.291 e. The van der Waals surface area contributed by atoms with Crippen LogP contribution < -0.4 is 10.1 Å². The van der Waals surface area contributed by atoms with Crippen LogP contribution in [0.3, 0.4) is 0 Å². The molecule has 1 heterocycles. The summed E-state index contributed by atoms with van der Waals surface area (Å²) in [6, 6.07) is 13.6. The van der Waals surface area contributed by atoms with Gasteiger partial charge in [-0.2, -0.15) is 0 Å². The van der Waals surface area contributed by atoms with Crippen molar-refractivity contribution in [3.05, 3.63) is 71.1 Å². The molecule has 7 nitrogen and oxygen atoms in total. The van der Waals surface area contributed by atoms with Crippen LogP contribution in [0.15, 0.2) is 63.9 Å². The van der Waals surface area contributed by atoms with E-state index in [0.717, 1.165) is 0 Å². The highest BCUT2D eigenvalue weighted by Gasteiger charge is 2.17. The number of hydrogen-bond donors (Lipinski definition) is 2. The SMILES string of the molecule is CCS(=O)(=O)c1ccc(O)c(NC(=O)c2ccc(COc3cccc(Cl)c3)o2)c1. The second kappa shape index (κ2) is 8.59. The van der Waals surface area contributed by atoms with Crippen LogP contribution in [-0.2, 0) is 16.4 Å². The van der Waals surface area contributed by atoms with Gasteiger partial charge in [0.05, 0.1) is 16.3 Å². The Morgan fingerprint density at radius 2 is 1.97 bits per heavy atom. The van der Waals surface area contributed by atoms with Gasteiger partial charge in [-0.05, 0) is 48.5 Å². The lowest BCUT2D eigenvalue weighted by atomic mass is 10.3. The summed E-state index contributed by atoms with van der Waals surface area (Å²) in [6.07, 6.45) is 0. The highest BCUT2D eigenvalue weighted by molar-refractivity contribution is 7.91. The minimum Gasteiger partial charge on any atom is -0.506 e. The number of phenolic OH excluding ortho intramolecular Hbond substituents is 1. The molecule has 1 aromatic heterocycles. The number of ether oxygens (including phenoxy) is 1. The van der Waals surface area contributed by atoms with Crippen molar-refractivity contribution >= 4 is 33.0 Å². The number of carbonyl (C=O) groups is 1. The molecule has 0 unspecified atom stereocenters. The largest absolute Gasteiger partial charge is 0.506 e. The first-order valence-electron chi connectivity index (χ1n) is 8.62. The second-order valence-corrected chi connectivity index (χ2v) is 8.76. The average Bonchev–Trinajstić information content (AvgIpc) is 3.17. The summed E-state index contributed by atoms with van der Waals surface area (Å²) in [5, 5.41) is 12.9. The van der Waals surface area contributed by atoms with E-state index in [0.29, 0.717) is 16.5 Å². The smallest absolute Gasteiger partial charge is 0.291 e. The summed E-state index contributed by atoms with van der Waals surface area (Å²) in [7, 11) is -3.48. The van der Waals surface area contributed by atoms with E-state index in [4.69, 9.17) is 20.8 Å². The van der Waals surface area contributed by atoms with Gasteiger partial charge >= 0.3 is 0 Å². The first-order chi connectivity index (χ1) is 13.8. The summed E-state index contributed by atoms with van der Waals surface area (Å²) in [5.74, 6) is -0.0533. The number of halogens is 1. The lowest BCUT2D eigenvalue weighted by Gasteiger charge is -2.09.